The number of carboxylic acids is 2. The number of anilines is 2. The molecule has 204 valence electrons. The molecule has 13 heteroatoms. The van der Waals surface area contributed by atoms with Crippen molar-refractivity contribution in [2.45, 2.75) is 62.9 Å². The van der Waals surface area contributed by atoms with Gasteiger partial charge in [0, 0.05) is 13.1 Å². The Balaban J connectivity index is 0.000000604. The van der Waals surface area contributed by atoms with Crippen molar-refractivity contribution < 1.29 is 41.4 Å². The lowest BCUT2D eigenvalue weighted by molar-refractivity contribution is -0.192. The maximum absolute atomic E-state index is 12.8. The van der Waals surface area contributed by atoms with E-state index in [-0.39, 0.29) is 21.6 Å². The second kappa shape index (κ2) is 11.8. The summed E-state index contributed by atoms with van der Waals surface area (Å²) in [5, 5.41) is 16.8. The topological polar surface area (TPSA) is 137 Å². The number of nitrogens with zero attached hydrogens (tertiary/aromatic N) is 2. The molecule has 0 bridgehead atoms. The lowest BCUT2D eigenvalue weighted by atomic mass is 9.87. The van der Waals surface area contributed by atoms with Crippen molar-refractivity contribution in [2.24, 2.45) is 0 Å². The Hall–Kier alpha value is -3.35. The van der Waals surface area contributed by atoms with E-state index in [4.69, 9.17) is 9.90 Å². The summed E-state index contributed by atoms with van der Waals surface area (Å²) in [5.41, 5.74) is 1.07. The van der Waals surface area contributed by atoms with E-state index in [9.17, 15) is 31.5 Å². The fraction of sp³-hybridized carbons (Fsp3) is 0.458. The van der Waals surface area contributed by atoms with E-state index in [1.54, 1.807) is 24.3 Å². The average Bonchev–Trinajstić information content (AvgIpc) is 3.07. The van der Waals surface area contributed by atoms with Gasteiger partial charge in [-0.15, -0.1) is 0 Å². The third-order valence-corrected chi connectivity index (χ3v) is 6.93. The van der Waals surface area contributed by atoms with E-state index < -0.39 is 28.1 Å². The van der Waals surface area contributed by atoms with Gasteiger partial charge in [-0.2, -0.15) is 13.2 Å². The van der Waals surface area contributed by atoms with Crippen LogP contribution in [0.3, 0.4) is 0 Å². The minimum absolute atomic E-state index is 0.000167. The number of benzene rings is 1. The SMILES string of the molecule is CC(C)(C)c1ccc(S(=O)(=O)Nc2cnc(N3CCCCCC3)c(C(=O)O)c2)cc1.O=C(O)C(F)(F)F. The van der Waals surface area contributed by atoms with Crippen molar-refractivity contribution in [3.8, 4) is 0 Å². The zero-order valence-electron chi connectivity index (χ0n) is 20.7. The predicted octanol–water partition coefficient (Wildman–Crippen LogP) is 4.89. The third-order valence-electron chi connectivity index (χ3n) is 5.53. The Morgan fingerprint density at radius 3 is 1.92 bits per heavy atom. The zero-order valence-corrected chi connectivity index (χ0v) is 21.5. The number of carboxylic acid groups (broad SMARTS) is 2. The van der Waals surface area contributed by atoms with E-state index in [1.165, 1.54) is 12.3 Å². The van der Waals surface area contributed by atoms with Crippen LogP contribution in [0.2, 0.25) is 0 Å². The van der Waals surface area contributed by atoms with E-state index in [0.717, 1.165) is 44.3 Å². The van der Waals surface area contributed by atoms with Gasteiger partial charge in [0.2, 0.25) is 0 Å². The number of hydrogen-bond donors (Lipinski definition) is 3. The third kappa shape index (κ3) is 8.62. The number of halogens is 3. The molecule has 3 N–H and O–H groups in total. The molecule has 0 radical (unpaired) electrons. The first-order chi connectivity index (χ1) is 17.0. The second-order valence-electron chi connectivity index (χ2n) is 9.48. The molecule has 0 unspecified atom stereocenters. The molecule has 0 aliphatic carbocycles. The van der Waals surface area contributed by atoms with Gasteiger partial charge in [0.05, 0.1) is 16.8 Å². The lowest BCUT2D eigenvalue weighted by Crippen LogP contribution is -2.27. The largest absolute Gasteiger partial charge is 0.490 e. The molecule has 0 spiro atoms. The van der Waals surface area contributed by atoms with Crippen LogP contribution in [-0.2, 0) is 20.2 Å². The molecule has 0 saturated carbocycles. The summed E-state index contributed by atoms with van der Waals surface area (Å²) in [6, 6.07) is 8.03. The first-order valence-electron chi connectivity index (χ1n) is 11.4. The van der Waals surface area contributed by atoms with Crippen molar-refractivity contribution in [3.05, 3.63) is 47.7 Å². The number of sulfonamides is 1. The molecule has 2 heterocycles. The fourth-order valence-corrected chi connectivity index (χ4v) is 4.59. The van der Waals surface area contributed by atoms with Crippen LogP contribution in [0.15, 0.2) is 41.4 Å². The van der Waals surface area contributed by atoms with E-state index in [2.05, 4.69) is 30.5 Å². The van der Waals surface area contributed by atoms with Crippen molar-refractivity contribution in [3.63, 3.8) is 0 Å². The van der Waals surface area contributed by atoms with Crippen molar-refractivity contribution in [2.75, 3.05) is 22.7 Å². The van der Waals surface area contributed by atoms with Crippen LogP contribution in [-0.4, -0.2) is 54.8 Å². The summed E-state index contributed by atoms with van der Waals surface area (Å²) in [6.45, 7) is 7.66. The Morgan fingerprint density at radius 1 is 0.973 bits per heavy atom. The molecular formula is C24H30F3N3O6S. The van der Waals surface area contributed by atoms with Gasteiger partial charge in [0.15, 0.2) is 0 Å². The normalized spacial score (nSPS) is 14.7. The monoisotopic (exact) mass is 545 g/mol. The summed E-state index contributed by atoms with van der Waals surface area (Å²) in [6.07, 6.45) is 0.503. The first kappa shape index (κ1) is 29.9. The number of aromatic nitrogens is 1. The van der Waals surface area contributed by atoms with Crippen molar-refractivity contribution in [1.82, 2.24) is 4.98 Å². The van der Waals surface area contributed by atoms with Crippen LogP contribution in [0, 0.1) is 0 Å². The molecular weight excluding hydrogens is 515 g/mol. The van der Waals surface area contributed by atoms with Crippen LogP contribution in [0.4, 0.5) is 24.7 Å². The number of nitrogens with one attached hydrogen (secondary N) is 1. The Labute approximate surface area is 213 Å². The predicted molar refractivity (Wildman–Crippen MR) is 132 cm³/mol. The number of pyridine rings is 1. The van der Waals surface area contributed by atoms with Crippen LogP contribution < -0.4 is 9.62 Å². The molecule has 1 aromatic carbocycles. The quantitative estimate of drug-likeness (QED) is 0.483. The lowest BCUT2D eigenvalue weighted by Gasteiger charge is -2.23. The maximum atomic E-state index is 12.8. The fourth-order valence-electron chi connectivity index (χ4n) is 3.55. The van der Waals surface area contributed by atoms with Gasteiger partial charge in [-0.1, -0.05) is 45.7 Å². The number of rotatable bonds is 5. The molecule has 1 aliphatic rings. The molecule has 9 nitrogen and oxygen atoms in total. The zero-order chi connectivity index (χ0) is 28.0. The summed E-state index contributed by atoms with van der Waals surface area (Å²) < 4.78 is 59.8. The van der Waals surface area contributed by atoms with Gasteiger partial charge in [0.25, 0.3) is 10.0 Å². The molecule has 1 aliphatic heterocycles. The highest BCUT2D eigenvalue weighted by Gasteiger charge is 2.38. The van der Waals surface area contributed by atoms with E-state index in [0.29, 0.717) is 5.82 Å². The summed E-state index contributed by atoms with van der Waals surface area (Å²) in [7, 11) is -3.86. The van der Waals surface area contributed by atoms with Crippen molar-refractivity contribution >= 4 is 33.5 Å². The Bertz CT molecular complexity index is 1200. The van der Waals surface area contributed by atoms with Gasteiger partial charge in [-0.3, -0.25) is 4.72 Å². The molecule has 1 saturated heterocycles. The highest BCUT2D eigenvalue weighted by atomic mass is 32.2. The van der Waals surface area contributed by atoms with Crippen LogP contribution in [0.5, 0.6) is 0 Å². The van der Waals surface area contributed by atoms with E-state index >= 15 is 0 Å². The molecule has 0 amide bonds. The van der Waals surface area contributed by atoms with E-state index in [1.807, 2.05) is 4.90 Å². The van der Waals surface area contributed by atoms with Gasteiger partial charge >= 0.3 is 18.1 Å². The minimum Gasteiger partial charge on any atom is -0.478 e. The molecule has 1 fully saturated rings. The molecule has 1 aromatic heterocycles. The van der Waals surface area contributed by atoms with Gasteiger partial charge in [0.1, 0.15) is 11.4 Å². The van der Waals surface area contributed by atoms with Gasteiger partial charge < -0.3 is 15.1 Å². The van der Waals surface area contributed by atoms with Crippen LogP contribution >= 0.6 is 0 Å². The van der Waals surface area contributed by atoms with Gasteiger partial charge in [-0.05, 0) is 42.0 Å². The number of hydrogen-bond acceptors (Lipinski definition) is 6. The molecule has 37 heavy (non-hydrogen) atoms. The molecule has 3 rings (SSSR count). The average molecular weight is 546 g/mol. The first-order valence-corrected chi connectivity index (χ1v) is 12.9. The maximum Gasteiger partial charge on any atom is 0.490 e. The highest BCUT2D eigenvalue weighted by Crippen LogP contribution is 2.27. The van der Waals surface area contributed by atoms with Crippen molar-refractivity contribution in [1.29, 1.82) is 0 Å². The van der Waals surface area contributed by atoms with Crippen LogP contribution in [0.1, 0.15) is 62.4 Å². The summed E-state index contributed by atoms with van der Waals surface area (Å²) in [4.78, 5) is 27.1. The molecule has 0 atom stereocenters. The number of alkyl halides is 3. The second-order valence-corrected chi connectivity index (χ2v) is 11.2. The Morgan fingerprint density at radius 2 is 1.49 bits per heavy atom. The standard InChI is InChI=1S/C22H29N3O4S.C2HF3O2/c1-22(2,3)16-8-10-18(11-9-16)30(28,29)24-17-14-19(21(26)27)20(23-15-17)25-12-6-4-5-7-13-25;3-2(4,5)1(6)7/h8-11,14-15,24H,4-7,12-13H2,1-3H3,(H,26,27);(H,6,7). The number of aromatic carboxylic acids is 1. The van der Waals surface area contributed by atoms with Gasteiger partial charge in [-0.25, -0.2) is 23.0 Å². The Kier molecular flexibility index (Phi) is 9.53. The summed E-state index contributed by atoms with van der Waals surface area (Å²) >= 11 is 0. The number of aliphatic carboxylic acids is 1. The number of carbonyl (C=O) groups is 2. The minimum atomic E-state index is -5.08. The molecule has 2 aromatic rings. The smallest absolute Gasteiger partial charge is 0.478 e. The summed E-state index contributed by atoms with van der Waals surface area (Å²) in [5.74, 6) is -3.49. The highest BCUT2D eigenvalue weighted by molar-refractivity contribution is 7.92. The van der Waals surface area contributed by atoms with Crippen LogP contribution in [0.25, 0.3) is 0 Å².